The molecule has 3 rings (SSSR count). The monoisotopic (exact) mass is 324 g/mol. The molecule has 0 radical (unpaired) electrons. The highest BCUT2D eigenvalue weighted by atomic mass is 32.2. The van der Waals surface area contributed by atoms with Gasteiger partial charge in [-0.25, -0.2) is 17.8 Å². The number of ether oxygens (including phenoxy) is 1. The van der Waals surface area contributed by atoms with Gasteiger partial charge >= 0.3 is 0 Å². The highest BCUT2D eigenvalue weighted by Crippen LogP contribution is 2.35. The van der Waals surface area contributed by atoms with E-state index in [2.05, 4.69) is 9.97 Å². The second-order valence-corrected chi connectivity index (χ2v) is 7.33. The van der Waals surface area contributed by atoms with E-state index in [-0.39, 0.29) is 22.1 Å². The first kappa shape index (κ1) is 14.7. The van der Waals surface area contributed by atoms with Gasteiger partial charge in [0, 0.05) is 0 Å². The average Bonchev–Trinajstić information content (AvgIpc) is 3.30. The van der Waals surface area contributed by atoms with E-state index in [9.17, 15) is 17.6 Å². The lowest BCUT2D eigenvalue weighted by molar-refractivity contribution is 0.421. The van der Waals surface area contributed by atoms with E-state index in [1.165, 1.54) is 19.1 Å². The van der Waals surface area contributed by atoms with Crippen LogP contribution >= 0.6 is 0 Å². The molecule has 0 saturated heterocycles. The largest absolute Gasteiger partial charge is 0.435 e. The zero-order valence-electron chi connectivity index (χ0n) is 11.7. The topological polar surface area (TPSA) is 89.1 Å². The van der Waals surface area contributed by atoms with Crippen LogP contribution in [0.2, 0.25) is 0 Å². The Morgan fingerprint density at radius 1 is 1.36 bits per heavy atom. The fourth-order valence-corrected chi connectivity index (χ4v) is 3.64. The number of aromatic amines is 1. The molecule has 1 fully saturated rings. The summed E-state index contributed by atoms with van der Waals surface area (Å²) in [6, 6.07) is 3.47. The molecule has 1 aromatic heterocycles. The molecule has 2 aromatic rings. The Hall–Kier alpha value is -2.22. The zero-order chi connectivity index (χ0) is 15.9. The van der Waals surface area contributed by atoms with Crippen LogP contribution in [0.1, 0.15) is 18.4 Å². The van der Waals surface area contributed by atoms with E-state index in [4.69, 9.17) is 4.74 Å². The molecule has 0 unspecified atom stereocenters. The predicted molar refractivity (Wildman–Crippen MR) is 76.3 cm³/mol. The van der Waals surface area contributed by atoms with Gasteiger partial charge in [-0.05, 0) is 38.0 Å². The molecule has 116 valence electrons. The molecule has 1 saturated carbocycles. The van der Waals surface area contributed by atoms with Crippen LogP contribution in [0.3, 0.4) is 0 Å². The number of benzene rings is 1. The summed E-state index contributed by atoms with van der Waals surface area (Å²) in [5.74, 6) is -1.03. The molecule has 0 amide bonds. The maximum Gasteiger partial charge on any atom is 0.257 e. The number of halogens is 1. The quantitative estimate of drug-likeness (QED) is 0.928. The third-order valence-electron chi connectivity index (χ3n) is 3.44. The number of sulfone groups is 1. The minimum atomic E-state index is -3.46. The number of nitrogens with zero attached hydrogens (tertiary/aromatic N) is 1. The maximum atomic E-state index is 14.1. The number of rotatable bonds is 4. The van der Waals surface area contributed by atoms with Crippen LogP contribution in [-0.2, 0) is 9.84 Å². The molecule has 0 bridgehead atoms. The third kappa shape index (κ3) is 2.61. The number of hydrogen-bond acceptors (Lipinski definition) is 5. The van der Waals surface area contributed by atoms with E-state index in [1.807, 2.05) is 0 Å². The standard InChI is InChI=1S/C14H13FN2O4S/c1-8-13(18)16-7-17-14(8)21-12-5-4-10(6-11(12)15)22(19,20)9-2-3-9/h4-7,9H,2-3H2,1H3,(H,16,17,18). The molecule has 1 N–H and O–H groups in total. The lowest BCUT2D eigenvalue weighted by Crippen LogP contribution is -2.11. The Morgan fingerprint density at radius 3 is 2.73 bits per heavy atom. The number of aromatic nitrogens is 2. The summed E-state index contributed by atoms with van der Waals surface area (Å²) in [6.07, 6.45) is 2.37. The third-order valence-corrected chi connectivity index (χ3v) is 5.70. The van der Waals surface area contributed by atoms with Crippen LogP contribution in [0.25, 0.3) is 0 Å². The highest BCUT2D eigenvalue weighted by molar-refractivity contribution is 7.92. The maximum absolute atomic E-state index is 14.1. The van der Waals surface area contributed by atoms with Crippen LogP contribution in [0.15, 0.2) is 34.2 Å². The normalized spacial score (nSPS) is 14.8. The van der Waals surface area contributed by atoms with Crippen LogP contribution in [0.4, 0.5) is 4.39 Å². The Bertz CT molecular complexity index is 888. The van der Waals surface area contributed by atoms with Gasteiger partial charge in [0.2, 0.25) is 5.88 Å². The van der Waals surface area contributed by atoms with Gasteiger partial charge in [0.15, 0.2) is 21.4 Å². The van der Waals surface area contributed by atoms with Gasteiger partial charge in [0.1, 0.15) is 0 Å². The summed E-state index contributed by atoms with van der Waals surface area (Å²) >= 11 is 0. The second kappa shape index (κ2) is 5.20. The zero-order valence-corrected chi connectivity index (χ0v) is 12.5. The Kier molecular flexibility index (Phi) is 3.48. The molecule has 22 heavy (non-hydrogen) atoms. The van der Waals surface area contributed by atoms with Gasteiger partial charge in [-0.2, -0.15) is 0 Å². The van der Waals surface area contributed by atoms with E-state index in [0.717, 1.165) is 12.4 Å². The highest BCUT2D eigenvalue weighted by Gasteiger charge is 2.37. The molecular weight excluding hydrogens is 311 g/mol. The van der Waals surface area contributed by atoms with Crippen LogP contribution < -0.4 is 10.3 Å². The van der Waals surface area contributed by atoms with Crippen molar-refractivity contribution in [2.75, 3.05) is 0 Å². The average molecular weight is 324 g/mol. The Morgan fingerprint density at radius 2 is 2.09 bits per heavy atom. The van der Waals surface area contributed by atoms with E-state index in [0.29, 0.717) is 12.8 Å². The summed E-state index contributed by atoms with van der Waals surface area (Å²) < 4.78 is 43.4. The smallest absolute Gasteiger partial charge is 0.257 e. The molecule has 6 nitrogen and oxygen atoms in total. The molecule has 0 spiro atoms. The first-order valence-electron chi connectivity index (χ1n) is 6.65. The molecule has 1 aliphatic carbocycles. The second-order valence-electron chi connectivity index (χ2n) is 5.10. The van der Waals surface area contributed by atoms with Crippen LogP contribution in [0.5, 0.6) is 11.6 Å². The molecule has 1 heterocycles. The van der Waals surface area contributed by atoms with Crippen molar-refractivity contribution in [3.63, 3.8) is 0 Å². The van der Waals surface area contributed by atoms with Crippen molar-refractivity contribution in [3.05, 3.63) is 46.3 Å². The summed E-state index contributed by atoms with van der Waals surface area (Å²) in [5.41, 5.74) is -0.185. The molecule has 1 aliphatic rings. The predicted octanol–water partition coefficient (Wildman–Crippen LogP) is 1.95. The summed E-state index contributed by atoms with van der Waals surface area (Å²) in [6.45, 7) is 1.49. The van der Waals surface area contributed by atoms with Crippen LogP contribution in [0, 0.1) is 12.7 Å². The van der Waals surface area contributed by atoms with Crippen LogP contribution in [-0.4, -0.2) is 23.6 Å². The van der Waals surface area contributed by atoms with Crippen molar-refractivity contribution in [2.24, 2.45) is 0 Å². The molecule has 0 aliphatic heterocycles. The molecule has 8 heteroatoms. The number of H-pyrrole nitrogens is 1. The van der Waals surface area contributed by atoms with Crippen molar-refractivity contribution < 1.29 is 17.5 Å². The van der Waals surface area contributed by atoms with E-state index in [1.54, 1.807) is 0 Å². The number of hydrogen-bond donors (Lipinski definition) is 1. The van der Waals surface area contributed by atoms with Crippen molar-refractivity contribution in [2.45, 2.75) is 29.9 Å². The van der Waals surface area contributed by atoms with Gasteiger partial charge in [-0.3, -0.25) is 4.79 Å². The summed E-state index contributed by atoms with van der Waals surface area (Å²) in [7, 11) is -3.46. The summed E-state index contributed by atoms with van der Waals surface area (Å²) in [5, 5.41) is -0.407. The first-order valence-corrected chi connectivity index (χ1v) is 8.20. The van der Waals surface area contributed by atoms with Crippen molar-refractivity contribution in [1.82, 2.24) is 9.97 Å². The van der Waals surface area contributed by atoms with E-state index < -0.39 is 26.5 Å². The van der Waals surface area contributed by atoms with Crippen molar-refractivity contribution in [3.8, 4) is 11.6 Å². The van der Waals surface area contributed by atoms with Crippen molar-refractivity contribution in [1.29, 1.82) is 0 Å². The van der Waals surface area contributed by atoms with Gasteiger partial charge in [-0.15, -0.1) is 0 Å². The Balaban J connectivity index is 1.93. The van der Waals surface area contributed by atoms with Gasteiger partial charge in [0.25, 0.3) is 5.56 Å². The lowest BCUT2D eigenvalue weighted by Gasteiger charge is -2.09. The SMILES string of the molecule is Cc1c(Oc2ccc(S(=O)(=O)C3CC3)cc2F)nc[nH]c1=O. The van der Waals surface area contributed by atoms with E-state index >= 15 is 0 Å². The van der Waals surface area contributed by atoms with Gasteiger partial charge in [-0.1, -0.05) is 0 Å². The fourth-order valence-electron chi connectivity index (χ4n) is 1.97. The minimum Gasteiger partial charge on any atom is -0.435 e. The van der Waals surface area contributed by atoms with Gasteiger partial charge < -0.3 is 9.72 Å². The van der Waals surface area contributed by atoms with Gasteiger partial charge in [0.05, 0.1) is 22.0 Å². The summed E-state index contributed by atoms with van der Waals surface area (Å²) in [4.78, 5) is 17.6. The molecule has 0 atom stereocenters. The lowest BCUT2D eigenvalue weighted by atomic mass is 10.3. The fraction of sp³-hybridized carbons (Fsp3) is 0.286. The Labute approximate surface area is 125 Å². The number of nitrogens with one attached hydrogen (secondary N) is 1. The van der Waals surface area contributed by atoms with Crippen molar-refractivity contribution >= 4 is 9.84 Å². The molecular formula is C14H13FN2O4S. The first-order chi connectivity index (χ1) is 10.4. The minimum absolute atomic E-state index is 0.0274. The molecule has 1 aromatic carbocycles.